The molecule has 0 bridgehead atoms. The number of fused-ring (bicyclic) bond motifs is 1. The maximum absolute atomic E-state index is 13.5. The first-order valence-electron chi connectivity index (χ1n) is 13.4. The number of carbonyl (C=O) groups excluding carboxylic acids is 1. The third kappa shape index (κ3) is 5.32. The van der Waals surface area contributed by atoms with Crippen LogP contribution >= 0.6 is 34.8 Å². The summed E-state index contributed by atoms with van der Waals surface area (Å²) in [5.74, 6) is -0.0114. The number of rotatable bonds is 5. The van der Waals surface area contributed by atoms with Crippen LogP contribution in [0, 0.1) is 5.41 Å². The fourth-order valence-corrected chi connectivity index (χ4v) is 8.56. The lowest BCUT2D eigenvalue weighted by molar-refractivity contribution is 0.0610. The lowest BCUT2D eigenvalue weighted by Crippen LogP contribution is -2.44. The summed E-state index contributed by atoms with van der Waals surface area (Å²) in [4.78, 5) is 21.9. The Morgan fingerprint density at radius 2 is 1.62 bits per heavy atom. The summed E-state index contributed by atoms with van der Waals surface area (Å²) in [5, 5.41) is 0.290. The summed E-state index contributed by atoms with van der Waals surface area (Å²) >= 11 is 18.2. The second-order valence-electron chi connectivity index (χ2n) is 11.0. The van der Waals surface area contributed by atoms with Crippen LogP contribution in [0.5, 0.6) is 0 Å². The Kier molecular flexibility index (Phi) is 7.51. The predicted octanol–water partition coefficient (Wildman–Crippen LogP) is 6.14. The van der Waals surface area contributed by atoms with Crippen molar-refractivity contribution in [1.82, 2.24) is 14.6 Å². The number of aryl methyl sites for hydroxylation is 1. The van der Waals surface area contributed by atoms with Gasteiger partial charge in [-0.05, 0) is 85.0 Å². The number of amides is 1. The summed E-state index contributed by atoms with van der Waals surface area (Å²) in [7, 11) is -3.98. The van der Waals surface area contributed by atoms with Gasteiger partial charge in [0.2, 0.25) is 10.0 Å². The third-order valence-corrected chi connectivity index (χ3v) is 11.3. The van der Waals surface area contributed by atoms with Crippen LogP contribution in [0.25, 0.3) is 0 Å². The molecule has 1 unspecified atom stereocenters. The normalized spacial score (nSPS) is 20.2. The number of hydrogen-bond donors (Lipinski definition) is 1. The molecule has 2 aromatic carbocycles. The Morgan fingerprint density at radius 3 is 2.38 bits per heavy atom. The van der Waals surface area contributed by atoms with E-state index in [9.17, 15) is 13.2 Å². The van der Waals surface area contributed by atoms with E-state index in [1.165, 1.54) is 17.8 Å². The van der Waals surface area contributed by atoms with Crippen LogP contribution < -0.4 is 9.62 Å². The number of halogens is 3. The van der Waals surface area contributed by atoms with Crippen molar-refractivity contribution in [3.63, 3.8) is 0 Å². The standard InChI is InChI=1S/C29H29Cl3N4O3S/c30-23-16-25(32)27(17-24(23)31)40(38,39)34-26-4-3-19-1-2-20(15-22(19)26)28(37)35-12-7-29(8-13-35)9-14-36(18-29)21-5-10-33-11-6-21/h1-2,5-6,10-11,15-17,26,34H,3-4,7-9,12-14,18H2. The molecule has 6 rings (SSSR count). The van der Waals surface area contributed by atoms with Crippen molar-refractivity contribution in [2.45, 2.75) is 43.0 Å². The van der Waals surface area contributed by atoms with E-state index in [-0.39, 0.29) is 31.3 Å². The summed E-state index contributed by atoms with van der Waals surface area (Å²) in [6, 6.07) is 11.9. The minimum Gasteiger partial charge on any atom is -0.371 e. The molecule has 3 heterocycles. The minimum atomic E-state index is -3.98. The van der Waals surface area contributed by atoms with Crippen molar-refractivity contribution in [2.75, 3.05) is 31.1 Å². The molecule has 1 aliphatic carbocycles. The van der Waals surface area contributed by atoms with Crippen LogP contribution in [-0.4, -0.2) is 50.4 Å². The average molecular weight is 620 g/mol. The first-order valence-corrected chi connectivity index (χ1v) is 16.0. The highest BCUT2D eigenvalue weighted by Gasteiger charge is 2.41. The molecule has 1 amide bonds. The second kappa shape index (κ2) is 10.8. The molecular formula is C29H29Cl3N4O3S. The Bertz CT molecular complexity index is 1560. The molecule has 3 aromatic rings. The highest BCUT2D eigenvalue weighted by Crippen LogP contribution is 2.42. The molecule has 1 spiro atoms. The molecule has 7 nitrogen and oxygen atoms in total. The zero-order valence-corrected chi connectivity index (χ0v) is 24.8. The molecule has 0 saturated carbocycles. The molecule has 1 aromatic heterocycles. The highest BCUT2D eigenvalue weighted by molar-refractivity contribution is 7.89. The van der Waals surface area contributed by atoms with Gasteiger partial charge in [0, 0.05) is 55.9 Å². The molecule has 2 fully saturated rings. The topological polar surface area (TPSA) is 82.6 Å². The van der Waals surface area contributed by atoms with Crippen LogP contribution in [0.15, 0.2) is 59.8 Å². The van der Waals surface area contributed by atoms with Gasteiger partial charge in [-0.3, -0.25) is 9.78 Å². The summed E-state index contributed by atoms with van der Waals surface area (Å²) < 4.78 is 29.2. The van der Waals surface area contributed by atoms with E-state index in [2.05, 4.69) is 26.7 Å². The number of aromatic nitrogens is 1. The zero-order chi connectivity index (χ0) is 28.1. The van der Waals surface area contributed by atoms with Gasteiger partial charge in [0.25, 0.3) is 5.91 Å². The van der Waals surface area contributed by atoms with Crippen LogP contribution in [0.1, 0.15) is 53.2 Å². The zero-order valence-electron chi connectivity index (χ0n) is 21.7. The lowest BCUT2D eigenvalue weighted by atomic mass is 9.77. The number of pyridine rings is 1. The van der Waals surface area contributed by atoms with Gasteiger partial charge in [0.15, 0.2) is 0 Å². The third-order valence-electron chi connectivity index (χ3n) is 8.61. The monoisotopic (exact) mass is 618 g/mol. The number of piperidine rings is 1. The quantitative estimate of drug-likeness (QED) is 0.347. The maximum atomic E-state index is 13.5. The Balaban J connectivity index is 1.14. The van der Waals surface area contributed by atoms with Gasteiger partial charge in [0.05, 0.1) is 15.1 Å². The molecule has 1 N–H and O–H groups in total. The van der Waals surface area contributed by atoms with Crippen LogP contribution in [0.4, 0.5) is 5.69 Å². The summed E-state index contributed by atoms with van der Waals surface area (Å²) in [6.07, 6.45) is 8.03. The molecule has 2 aliphatic heterocycles. The molecule has 3 aliphatic rings. The first-order chi connectivity index (χ1) is 19.1. The average Bonchev–Trinajstić information content (AvgIpc) is 3.55. The Morgan fingerprint density at radius 1 is 0.925 bits per heavy atom. The molecular weight excluding hydrogens is 591 g/mol. The number of nitrogens with one attached hydrogen (secondary N) is 1. The number of sulfonamides is 1. The van der Waals surface area contributed by atoms with Crippen LogP contribution in [-0.2, 0) is 16.4 Å². The number of nitrogens with zero attached hydrogens (tertiary/aromatic N) is 3. The van der Waals surface area contributed by atoms with E-state index in [1.54, 1.807) is 0 Å². The molecule has 1 atom stereocenters. The summed E-state index contributed by atoms with van der Waals surface area (Å²) in [5.41, 5.74) is 3.87. The van der Waals surface area contributed by atoms with E-state index in [1.807, 2.05) is 35.5 Å². The second-order valence-corrected chi connectivity index (χ2v) is 13.9. The number of likely N-dealkylation sites (tertiary alicyclic amines) is 1. The fourth-order valence-electron chi connectivity index (χ4n) is 6.30. The Labute approximate surface area is 249 Å². The van der Waals surface area contributed by atoms with Crippen molar-refractivity contribution < 1.29 is 13.2 Å². The van der Waals surface area contributed by atoms with E-state index < -0.39 is 16.1 Å². The van der Waals surface area contributed by atoms with E-state index >= 15 is 0 Å². The van der Waals surface area contributed by atoms with Crippen LogP contribution in [0.3, 0.4) is 0 Å². The minimum absolute atomic E-state index is 0.00178. The van der Waals surface area contributed by atoms with Gasteiger partial charge in [-0.15, -0.1) is 0 Å². The number of benzene rings is 2. The van der Waals surface area contributed by atoms with Gasteiger partial charge in [-0.25, -0.2) is 13.1 Å². The van der Waals surface area contributed by atoms with Crippen LogP contribution in [0.2, 0.25) is 15.1 Å². The Hall–Kier alpha value is -2.36. The number of carbonyl (C=O) groups is 1. The van der Waals surface area contributed by atoms with Crippen molar-refractivity contribution in [3.8, 4) is 0 Å². The predicted molar refractivity (Wildman–Crippen MR) is 158 cm³/mol. The SMILES string of the molecule is O=C(c1ccc2c(c1)C(NS(=O)(=O)c1cc(Cl)c(Cl)cc1Cl)CC2)N1CCC2(CC1)CCN(c1ccncc1)C2. The van der Waals surface area contributed by atoms with E-state index in [0.29, 0.717) is 31.5 Å². The number of anilines is 1. The van der Waals surface area contributed by atoms with Gasteiger partial charge in [-0.2, -0.15) is 0 Å². The van der Waals surface area contributed by atoms with Gasteiger partial charge >= 0.3 is 0 Å². The first kappa shape index (κ1) is 27.8. The van der Waals surface area contributed by atoms with Gasteiger partial charge < -0.3 is 9.80 Å². The van der Waals surface area contributed by atoms with Crippen molar-refractivity contribution in [2.24, 2.45) is 5.41 Å². The lowest BCUT2D eigenvalue weighted by Gasteiger charge is -2.39. The number of hydrogen-bond acceptors (Lipinski definition) is 5. The molecule has 40 heavy (non-hydrogen) atoms. The largest absolute Gasteiger partial charge is 0.371 e. The molecule has 11 heteroatoms. The molecule has 2 saturated heterocycles. The summed E-state index contributed by atoms with van der Waals surface area (Å²) in [6.45, 7) is 3.45. The van der Waals surface area contributed by atoms with E-state index in [4.69, 9.17) is 34.8 Å². The maximum Gasteiger partial charge on any atom is 0.253 e. The highest BCUT2D eigenvalue weighted by atomic mass is 35.5. The molecule has 210 valence electrons. The fraction of sp³-hybridized carbons (Fsp3) is 0.379. The van der Waals surface area contributed by atoms with E-state index in [0.717, 1.165) is 43.5 Å². The van der Waals surface area contributed by atoms with Gasteiger partial charge in [0.1, 0.15) is 4.90 Å². The van der Waals surface area contributed by atoms with Crippen molar-refractivity contribution >= 4 is 56.4 Å². The van der Waals surface area contributed by atoms with Crippen molar-refractivity contribution in [1.29, 1.82) is 0 Å². The smallest absolute Gasteiger partial charge is 0.253 e. The van der Waals surface area contributed by atoms with Crippen molar-refractivity contribution in [3.05, 3.63) is 86.6 Å². The van der Waals surface area contributed by atoms with Gasteiger partial charge in [-0.1, -0.05) is 40.9 Å². The molecule has 0 radical (unpaired) electrons.